The van der Waals surface area contributed by atoms with Gasteiger partial charge in [0.15, 0.2) is 11.5 Å². The van der Waals surface area contributed by atoms with Crippen LogP contribution in [-0.4, -0.2) is 35.1 Å². The summed E-state index contributed by atoms with van der Waals surface area (Å²) in [5, 5.41) is 4.39. The molecule has 1 heterocycles. The third-order valence-electron chi connectivity index (χ3n) is 6.11. The van der Waals surface area contributed by atoms with Gasteiger partial charge in [0.25, 0.3) is 11.1 Å². The predicted octanol–water partition coefficient (Wildman–Crippen LogP) is 7.29. The summed E-state index contributed by atoms with van der Waals surface area (Å²) in [6, 6.07) is 22.7. The molecule has 10 heteroatoms. The number of nitrogens with zero attached hydrogens (tertiary/aromatic N) is 1. The maximum atomic E-state index is 13.4. The zero-order chi connectivity index (χ0) is 28.9. The Bertz CT molecular complexity index is 1690. The van der Waals surface area contributed by atoms with Crippen molar-refractivity contribution in [3.63, 3.8) is 0 Å². The van der Waals surface area contributed by atoms with Crippen molar-refractivity contribution >= 4 is 63.0 Å². The number of hydrogen-bond acceptors (Lipinski definition) is 6. The van der Waals surface area contributed by atoms with Gasteiger partial charge in [-0.2, -0.15) is 0 Å². The molecule has 0 bridgehead atoms. The Labute approximate surface area is 244 Å². The number of fused-ring (bicyclic) bond motifs is 1. The van der Waals surface area contributed by atoms with Crippen LogP contribution in [0.1, 0.15) is 18.1 Å². The standard InChI is InChI=1S/C31H24ClFN2O5S/c1-2-39-26-14-20(13-25(32)29(26)40-18-19-10-11-21-6-3-4-7-22(21)12-19)15-27-30(37)35(31(38)41-27)17-28(36)34-24-9-5-8-23(33)16-24/h3-16H,2,17-18H2,1H3,(H,34,36)/b27-15+. The van der Waals surface area contributed by atoms with Crippen LogP contribution in [0.5, 0.6) is 11.5 Å². The maximum Gasteiger partial charge on any atom is 0.294 e. The monoisotopic (exact) mass is 590 g/mol. The molecule has 1 fully saturated rings. The summed E-state index contributed by atoms with van der Waals surface area (Å²) in [4.78, 5) is 38.9. The minimum absolute atomic E-state index is 0.122. The van der Waals surface area contributed by atoms with E-state index < -0.39 is 29.4 Å². The molecule has 1 aliphatic heterocycles. The summed E-state index contributed by atoms with van der Waals surface area (Å²) < 4.78 is 25.2. The second-order valence-corrected chi connectivity index (χ2v) is 10.5. The number of halogens is 2. The number of carbonyl (C=O) groups is 3. The maximum absolute atomic E-state index is 13.4. The Hall–Kier alpha value is -4.34. The van der Waals surface area contributed by atoms with Gasteiger partial charge in [0, 0.05) is 5.69 Å². The first-order chi connectivity index (χ1) is 19.8. The van der Waals surface area contributed by atoms with Gasteiger partial charge in [0.2, 0.25) is 5.91 Å². The fraction of sp³-hybridized carbons (Fsp3) is 0.129. The van der Waals surface area contributed by atoms with Crippen molar-refractivity contribution in [1.29, 1.82) is 0 Å². The van der Waals surface area contributed by atoms with Crippen LogP contribution >= 0.6 is 23.4 Å². The topological polar surface area (TPSA) is 84.9 Å². The Morgan fingerprint density at radius 3 is 2.59 bits per heavy atom. The average molecular weight is 591 g/mol. The summed E-state index contributed by atoms with van der Waals surface area (Å²) in [5.41, 5.74) is 1.70. The molecule has 208 valence electrons. The van der Waals surface area contributed by atoms with E-state index in [2.05, 4.69) is 5.32 Å². The predicted molar refractivity (Wildman–Crippen MR) is 159 cm³/mol. The summed E-state index contributed by atoms with van der Waals surface area (Å²) in [6.45, 7) is 1.93. The third kappa shape index (κ3) is 6.70. The molecule has 0 saturated carbocycles. The van der Waals surface area contributed by atoms with Gasteiger partial charge in [-0.3, -0.25) is 19.3 Å². The Balaban J connectivity index is 1.30. The molecule has 0 unspecified atom stereocenters. The van der Waals surface area contributed by atoms with Crippen molar-refractivity contribution in [2.45, 2.75) is 13.5 Å². The molecular weight excluding hydrogens is 567 g/mol. The lowest BCUT2D eigenvalue weighted by molar-refractivity contribution is -0.127. The average Bonchev–Trinajstić information content (AvgIpc) is 3.19. The molecule has 3 amide bonds. The second-order valence-electron chi connectivity index (χ2n) is 9.06. The van der Waals surface area contributed by atoms with Crippen LogP contribution < -0.4 is 14.8 Å². The smallest absolute Gasteiger partial charge is 0.294 e. The van der Waals surface area contributed by atoms with Gasteiger partial charge in [-0.25, -0.2) is 4.39 Å². The minimum atomic E-state index is -0.631. The number of imide groups is 1. The summed E-state index contributed by atoms with van der Waals surface area (Å²) >= 11 is 7.29. The molecule has 4 aromatic carbocycles. The number of ether oxygens (including phenoxy) is 2. The van der Waals surface area contributed by atoms with Crippen molar-refractivity contribution in [2.75, 3.05) is 18.5 Å². The molecule has 0 aliphatic carbocycles. The number of thioether (sulfide) groups is 1. The van der Waals surface area contributed by atoms with E-state index in [0.717, 1.165) is 27.3 Å². The van der Waals surface area contributed by atoms with Gasteiger partial charge in [0.1, 0.15) is 19.0 Å². The second kappa shape index (κ2) is 12.4. The lowest BCUT2D eigenvalue weighted by Crippen LogP contribution is -2.36. The molecule has 0 aromatic heterocycles. The van der Waals surface area contributed by atoms with Crippen molar-refractivity contribution in [2.24, 2.45) is 0 Å². The lowest BCUT2D eigenvalue weighted by Gasteiger charge is -2.15. The first-order valence-corrected chi connectivity index (χ1v) is 13.9. The number of anilines is 1. The van der Waals surface area contributed by atoms with Gasteiger partial charge in [-0.05, 0) is 83.1 Å². The van der Waals surface area contributed by atoms with Crippen LogP contribution in [-0.2, 0) is 16.2 Å². The molecule has 1 saturated heterocycles. The highest BCUT2D eigenvalue weighted by molar-refractivity contribution is 8.18. The molecule has 1 N–H and O–H groups in total. The van der Waals surface area contributed by atoms with Gasteiger partial charge < -0.3 is 14.8 Å². The molecule has 7 nitrogen and oxygen atoms in total. The number of benzene rings is 4. The van der Waals surface area contributed by atoms with E-state index in [9.17, 15) is 18.8 Å². The van der Waals surface area contributed by atoms with E-state index in [1.54, 1.807) is 12.1 Å². The summed E-state index contributed by atoms with van der Waals surface area (Å²) in [7, 11) is 0. The van der Waals surface area contributed by atoms with Crippen molar-refractivity contribution < 1.29 is 28.2 Å². The van der Waals surface area contributed by atoms with Crippen LogP contribution in [0.3, 0.4) is 0 Å². The van der Waals surface area contributed by atoms with E-state index in [-0.39, 0.29) is 22.2 Å². The van der Waals surface area contributed by atoms with E-state index in [1.807, 2.05) is 49.4 Å². The van der Waals surface area contributed by atoms with Crippen molar-refractivity contribution in [1.82, 2.24) is 4.90 Å². The van der Waals surface area contributed by atoms with E-state index in [1.165, 1.54) is 24.3 Å². The first kappa shape index (κ1) is 28.2. The molecule has 0 atom stereocenters. The molecule has 5 rings (SSSR count). The largest absolute Gasteiger partial charge is 0.490 e. The van der Waals surface area contributed by atoms with Gasteiger partial charge >= 0.3 is 0 Å². The fourth-order valence-electron chi connectivity index (χ4n) is 4.26. The molecule has 0 spiro atoms. The highest BCUT2D eigenvalue weighted by Crippen LogP contribution is 2.39. The van der Waals surface area contributed by atoms with Crippen molar-refractivity contribution in [3.05, 3.63) is 106 Å². The third-order valence-corrected chi connectivity index (χ3v) is 7.30. The molecular formula is C31H24ClFN2O5S. The van der Waals surface area contributed by atoms with Crippen molar-refractivity contribution in [3.8, 4) is 11.5 Å². The number of carbonyl (C=O) groups excluding carboxylic acids is 3. The van der Waals surface area contributed by atoms with E-state index >= 15 is 0 Å². The minimum Gasteiger partial charge on any atom is -0.490 e. The zero-order valence-corrected chi connectivity index (χ0v) is 23.4. The highest BCUT2D eigenvalue weighted by Gasteiger charge is 2.36. The highest BCUT2D eigenvalue weighted by atomic mass is 35.5. The zero-order valence-electron chi connectivity index (χ0n) is 21.9. The molecule has 0 radical (unpaired) electrons. The lowest BCUT2D eigenvalue weighted by atomic mass is 10.1. The van der Waals surface area contributed by atoms with Crippen LogP contribution in [0, 0.1) is 5.82 Å². The van der Waals surface area contributed by atoms with Gasteiger partial charge in [0.05, 0.1) is 16.5 Å². The SMILES string of the molecule is CCOc1cc(/C=C2/SC(=O)N(CC(=O)Nc3cccc(F)c3)C2=O)cc(Cl)c1OCc1ccc2ccccc2c1. The number of hydrogen-bond donors (Lipinski definition) is 1. The summed E-state index contributed by atoms with van der Waals surface area (Å²) in [6.07, 6.45) is 1.51. The van der Waals surface area contributed by atoms with Gasteiger partial charge in [-0.1, -0.05) is 54.1 Å². The van der Waals surface area contributed by atoms with Crippen LogP contribution in [0.25, 0.3) is 16.8 Å². The number of nitrogens with one attached hydrogen (secondary N) is 1. The quantitative estimate of drug-likeness (QED) is 0.206. The van der Waals surface area contributed by atoms with Crippen LogP contribution in [0.15, 0.2) is 83.8 Å². The Morgan fingerprint density at radius 2 is 1.80 bits per heavy atom. The Kier molecular flexibility index (Phi) is 8.56. The van der Waals surface area contributed by atoms with Crippen LogP contribution in [0.2, 0.25) is 5.02 Å². The van der Waals surface area contributed by atoms with E-state index in [0.29, 0.717) is 35.4 Å². The molecule has 1 aliphatic rings. The number of rotatable bonds is 9. The molecule has 41 heavy (non-hydrogen) atoms. The molecule has 4 aromatic rings. The Morgan fingerprint density at radius 1 is 1.00 bits per heavy atom. The van der Waals surface area contributed by atoms with E-state index in [4.69, 9.17) is 21.1 Å². The summed E-state index contributed by atoms with van der Waals surface area (Å²) in [5.74, 6) is -1.03. The normalized spacial score (nSPS) is 14.1. The first-order valence-electron chi connectivity index (χ1n) is 12.7. The van der Waals surface area contributed by atoms with Gasteiger partial charge in [-0.15, -0.1) is 0 Å². The number of amides is 3. The fourth-order valence-corrected chi connectivity index (χ4v) is 5.37. The van der Waals surface area contributed by atoms with Crippen LogP contribution in [0.4, 0.5) is 14.9 Å².